The highest BCUT2D eigenvalue weighted by molar-refractivity contribution is 7.99. The summed E-state index contributed by atoms with van der Waals surface area (Å²) >= 11 is 1.58. The molecule has 0 spiro atoms. The first-order chi connectivity index (χ1) is 7.63. The van der Waals surface area contributed by atoms with Crippen molar-refractivity contribution >= 4 is 23.4 Å². The second kappa shape index (κ2) is 6.43. The number of benzene rings is 1. The minimum Gasteiger partial charge on any atom is -0.466 e. The SMILES string of the molecule is CCOC(=O)CCSc1ccc(C)cc1N. The Hall–Kier alpha value is -1.16. The van der Waals surface area contributed by atoms with Crippen molar-refractivity contribution in [3.05, 3.63) is 23.8 Å². The van der Waals surface area contributed by atoms with E-state index in [9.17, 15) is 4.79 Å². The van der Waals surface area contributed by atoms with Gasteiger partial charge in [0.15, 0.2) is 0 Å². The fraction of sp³-hybridized carbons (Fsp3) is 0.417. The van der Waals surface area contributed by atoms with E-state index >= 15 is 0 Å². The van der Waals surface area contributed by atoms with E-state index in [1.165, 1.54) is 0 Å². The van der Waals surface area contributed by atoms with E-state index in [0.29, 0.717) is 18.8 Å². The summed E-state index contributed by atoms with van der Waals surface area (Å²) in [4.78, 5) is 12.1. The maximum absolute atomic E-state index is 11.1. The van der Waals surface area contributed by atoms with Crippen molar-refractivity contribution in [2.24, 2.45) is 0 Å². The number of nitrogens with two attached hydrogens (primary N) is 1. The molecule has 3 nitrogen and oxygen atoms in total. The molecule has 0 fully saturated rings. The van der Waals surface area contributed by atoms with E-state index in [2.05, 4.69) is 0 Å². The molecule has 0 aliphatic heterocycles. The van der Waals surface area contributed by atoms with Gasteiger partial charge in [-0.3, -0.25) is 4.79 Å². The van der Waals surface area contributed by atoms with Crippen LogP contribution in [0.25, 0.3) is 0 Å². The summed E-state index contributed by atoms with van der Waals surface area (Å²) in [7, 11) is 0. The zero-order valence-electron chi connectivity index (χ0n) is 9.66. The van der Waals surface area contributed by atoms with Crippen molar-refractivity contribution in [1.82, 2.24) is 0 Å². The topological polar surface area (TPSA) is 52.3 Å². The minimum atomic E-state index is -0.152. The second-order valence-electron chi connectivity index (χ2n) is 3.44. The molecule has 0 radical (unpaired) electrons. The van der Waals surface area contributed by atoms with Crippen LogP contribution < -0.4 is 5.73 Å². The lowest BCUT2D eigenvalue weighted by atomic mass is 10.2. The summed E-state index contributed by atoms with van der Waals surface area (Å²) in [5, 5.41) is 0. The molecule has 0 saturated heterocycles. The van der Waals surface area contributed by atoms with E-state index in [-0.39, 0.29) is 5.97 Å². The number of aryl methyl sites for hydroxylation is 1. The number of esters is 1. The highest BCUT2D eigenvalue weighted by atomic mass is 32.2. The molecule has 0 bridgehead atoms. The lowest BCUT2D eigenvalue weighted by Crippen LogP contribution is -2.04. The predicted molar refractivity (Wildman–Crippen MR) is 67.6 cm³/mol. The number of hydrogen-bond acceptors (Lipinski definition) is 4. The van der Waals surface area contributed by atoms with E-state index in [4.69, 9.17) is 10.5 Å². The van der Waals surface area contributed by atoms with Crippen molar-refractivity contribution in [3.63, 3.8) is 0 Å². The summed E-state index contributed by atoms with van der Waals surface area (Å²) in [6.07, 6.45) is 0.422. The van der Waals surface area contributed by atoms with Gasteiger partial charge in [0.1, 0.15) is 0 Å². The molecular weight excluding hydrogens is 222 g/mol. The fourth-order valence-electron chi connectivity index (χ4n) is 1.28. The number of nitrogen functional groups attached to an aromatic ring is 1. The molecular formula is C12H17NO2S. The van der Waals surface area contributed by atoms with Crippen LogP contribution >= 0.6 is 11.8 Å². The lowest BCUT2D eigenvalue weighted by molar-refractivity contribution is -0.142. The van der Waals surface area contributed by atoms with Crippen molar-refractivity contribution in [1.29, 1.82) is 0 Å². The molecule has 0 aliphatic rings. The molecule has 0 atom stereocenters. The zero-order chi connectivity index (χ0) is 12.0. The van der Waals surface area contributed by atoms with Gasteiger partial charge in [0.05, 0.1) is 13.0 Å². The quantitative estimate of drug-likeness (QED) is 0.487. The van der Waals surface area contributed by atoms with Crippen LogP contribution in [-0.4, -0.2) is 18.3 Å². The van der Waals surface area contributed by atoms with Gasteiger partial charge in [-0.25, -0.2) is 0 Å². The molecule has 0 aliphatic carbocycles. The van der Waals surface area contributed by atoms with Gasteiger partial charge < -0.3 is 10.5 Å². The van der Waals surface area contributed by atoms with Gasteiger partial charge in [-0.1, -0.05) is 6.07 Å². The van der Waals surface area contributed by atoms with Gasteiger partial charge >= 0.3 is 5.97 Å². The van der Waals surface area contributed by atoms with Gasteiger partial charge in [-0.2, -0.15) is 0 Å². The number of hydrogen-bond donors (Lipinski definition) is 1. The Bertz CT molecular complexity index is 366. The molecule has 4 heteroatoms. The van der Waals surface area contributed by atoms with Crippen molar-refractivity contribution < 1.29 is 9.53 Å². The van der Waals surface area contributed by atoms with Crippen LogP contribution in [0.3, 0.4) is 0 Å². The summed E-state index contributed by atoms with van der Waals surface area (Å²) in [6.45, 7) is 4.25. The molecule has 88 valence electrons. The normalized spacial score (nSPS) is 10.1. The van der Waals surface area contributed by atoms with Crippen LogP contribution in [0.4, 0.5) is 5.69 Å². The molecule has 0 aromatic heterocycles. The van der Waals surface area contributed by atoms with Crippen molar-refractivity contribution in [2.45, 2.75) is 25.2 Å². The Balaban J connectivity index is 2.40. The maximum atomic E-state index is 11.1. The largest absolute Gasteiger partial charge is 0.466 e. The third-order valence-corrected chi connectivity index (χ3v) is 3.13. The highest BCUT2D eigenvalue weighted by Crippen LogP contribution is 2.26. The van der Waals surface area contributed by atoms with E-state index in [1.54, 1.807) is 11.8 Å². The smallest absolute Gasteiger partial charge is 0.306 e. The number of rotatable bonds is 5. The third kappa shape index (κ3) is 4.14. The lowest BCUT2D eigenvalue weighted by Gasteiger charge is -2.06. The fourth-order valence-corrected chi connectivity index (χ4v) is 2.16. The van der Waals surface area contributed by atoms with E-state index < -0.39 is 0 Å². The molecule has 2 N–H and O–H groups in total. The summed E-state index contributed by atoms with van der Waals surface area (Å²) in [5.41, 5.74) is 7.78. The standard InChI is InChI=1S/C12H17NO2S/c1-3-15-12(14)6-7-16-11-5-4-9(2)8-10(11)13/h4-5,8H,3,6-7,13H2,1-2H3. The third-order valence-electron chi connectivity index (χ3n) is 2.03. The number of thioether (sulfide) groups is 1. The van der Waals surface area contributed by atoms with Gasteiger partial charge in [0, 0.05) is 16.3 Å². The van der Waals surface area contributed by atoms with Crippen LogP contribution in [0, 0.1) is 6.92 Å². The average Bonchev–Trinajstić information content (AvgIpc) is 2.22. The summed E-state index contributed by atoms with van der Waals surface area (Å²) in [5.74, 6) is 0.548. The second-order valence-corrected chi connectivity index (χ2v) is 4.58. The first-order valence-electron chi connectivity index (χ1n) is 5.28. The van der Waals surface area contributed by atoms with Crippen molar-refractivity contribution in [3.8, 4) is 0 Å². The number of anilines is 1. The van der Waals surface area contributed by atoms with Crippen LogP contribution in [-0.2, 0) is 9.53 Å². The summed E-state index contributed by atoms with van der Waals surface area (Å²) in [6, 6.07) is 5.94. The Morgan fingerprint density at radius 2 is 2.25 bits per heavy atom. The van der Waals surface area contributed by atoms with Crippen LogP contribution in [0.1, 0.15) is 18.9 Å². The van der Waals surface area contributed by atoms with Gasteiger partial charge in [0.25, 0.3) is 0 Å². The Morgan fingerprint density at radius 3 is 2.88 bits per heavy atom. The number of ether oxygens (including phenoxy) is 1. The molecule has 0 saturated carbocycles. The maximum Gasteiger partial charge on any atom is 0.306 e. The number of carbonyl (C=O) groups excluding carboxylic acids is 1. The minimum absolute atomic E-state index is 0.152. The highest BCUT2D eigenvalue weighted by Gasteiger charge is 2.04. The monoisotopic (exact) mass is 239 g/mol. The molecule has 1 rings (SSSR count). The Morgan fingerprint density at radius 1 is 1.50 bits per heavy atom. The molecule has 16 heavy (non-hydrogen) atoms. The molecule has 1 aromatic carbocycles. The van der Waals surface area contributed by atoms with Crippen molar-refractivity contribution in [2.75, 3.05) is 18.1 Å². The first kappa shape index (κ1) is 12.9. The molecule has 0 heterocycles. The van der Waals surface area contributed by atoms with Crippen LogP contribution in [0.15, 0.2) is 23.1 Å². The molecule has 1 aromatic rings. The van der Waals surface area contributed by atoms with Crippen LogP contribution in [0.5, 0.6) is 0 Å². The van der Waals surface area contributed by atoms with Gasteiger partial charge in [-0.15, -0.1) is 11.8 Å². The Labute approximate surface area is 100 Å². The van der Waals surface area contributed by atoms with Gasteiger partial charge in [0.2, 0.25) is 0 Å². The zero-order valence-corrected chi connectivity index (χ0v) is 10.5. The summed E-state index contributed by atoms with van der Waals surface area (Å²) < 4.78 is 4.85. The Kier molecular flexibility index (Phi) is 5.19. The number of carbonyl (C=O) groups is 1. The van der Waals surface area contributed by atoms with E-state index in [0.717, 1.165) is 16.1 Å². The average molecular weight is 239 g/mol. The molecule has 0 unspecified atom stereocenters. The molecule has 0 amide bonds. The van der Waals surface area contributed by atoms with E-state index in [1.807, 2.05) is 32.0 Å². The first-order valence-corrected chi connectivity index (χ1v) is 6.26. The van der Waals surface area contributed by atoms with Crippen LogP contribution in [0.2, 0.25) is 0 Å². The van der Waals surface area contributed by atoms with Gasteiger partial charge in [-0.05, 0) is 31.5 Å². The predicted octanol–water partition coefficient (Wildman–Crippen LogP) is 2.62.